The summed E-state index contributed by atoms with van der Waals surface area (Å²) in [6.45, 7) is 54.7. The minimum absolute atomic E-state index is 0.0321. The van der Waals surface area contributed by atoms with Gasteiger partial charge in [-0.1, -0.05) is 127 Å². The molecule has 0 bridgehead atoms. The van der Waals surface area contributed by atoms with Crippen molar-refractivity contribution < 1.29 is 106 Å². The van der Waals surface area contributed by atoms with E-state index in [-0.39, 0.29) is 106 Å². The molecule has 141 heavy (non-hydrogen) atoms. The summed E-state index contributed by atoms with van der Waals surface area (Å²) in [7, 11) is -4.37. The summed E-state index contributed by atoms with van der Waals surface area (Å²) >= 11 is 3.42. The van der Waals surface area contributed by atoms with Crippen LogP contribution in [0.15, 0.2) is 123 Å². The van der Waals surface area contributed by atoms with E-state index in [9.17, 15) is 86.8 Å². The summed E-state index contributed by atoms with van der Waals surface area (Å²) in [6, 6.07) is 3.96. The van der Waals surface area contributed by atoms with Gasteiger partial charge in [0.1, 0.15) is 69.9 Å². The highest BCUT2D eigenvalue weighted by Gasteiger charge is 2.68. The molecule has 0 aromatic heterocycles. The van der Waals surface area contributed by atoms with Crippen LogP contribution in [-0.4, -0.2) is 288 Å². The molecular formula is C102H151BrN15O22P. The Morgan fingerprint density at radius 1 is 0.532 bits per heavy atom. The Balaban J connectivity index is 0.000000240. The van der Waals surface area contributed by atoms with E-state index in [1.54, 1.807) is 131 Å². The predicted molar refractivity (Wildman–Crippen MR) is 538 cm³/mol. The molecule has 39 heteroatoms. The first-order valence-electron chi connectivity index (χ1n) is 49.0. The lowest BCUT2D eigenvalue weighted by Gasteiger charge is -2.36. The number of urea groups is 1. The van der Waals surface area contributed by atoms with Gasteiger partial charge in [0.25, 0.3) is 11.8 Å². The van der Waals surface area contributed by atoms with Crippen molar-refractivity contribution >= 4 is 118 Å². The average molecular weight is 2050 g/mol. The number of benzene rings is 2. The van der Waals surface area contributed by atoms with E-state index >= 15 is 0 Å². The van der Waals surface area contributed by atoms with Crippen LogP contribution < -0.4 is 47.4 Å². The molecule has 11 rings (SSSR count). The van der Waals surface area contributed by atoms with Crippen LogP contribution in [-0.2, 0) is 61.7 Å². The molecule has 2 aromatic rings. The Morgan fingerprint density at radius 2 is 0.972 bits per heavy atom. The van der Waals surface area contributed by atoms with Crippen LogP contribution in [0.5, 0.6) is 0 Å². The standard InChI is InChI=1S/C37H53BrN5O9P.C37H54N6O7.C28H44N4O6/c1-6-23-21-37(23,53(49,50)51-7-2)41-32(45)29-20-25(22-43(29)34(47)30(36(3,4)5)40-35(48)52-26-13-9-10-14-26)39-31(44)28-19-24(38)15-16-27(28)33(46)42-17-11-8-12-18-42;1-9-18-42(33(48)38-26-16-12-13-17-27(26)41-19-14-11-15-20-41)25-21-28(30(44)40-37(32(46)47)22-24(37)10-2)43(23-25)31(45)29(35(3,4)5)39-34(49)50-36(6,7)8;1-10-13-31(14-11-2)19-15-20(22(33)30-28(24(35)36)16-18(28)12-3)32(17-19)23(34)21(26(4,5)6)29-25(37)38-27(7,8)9/h6,15-16,19,23,25-26,29-30H,1,7-14,17-18,20-22H2,2-5H3,(H,39,44)(H,40,48)(H,41,45)(H,49,50);9-10,12-13,16-17,24-25,28-29H,1-2,11,14-15,18-23H2,3-8H3,(H,38,48)(H,39,49)(H,40,44)(H,46,47);10-12,18-21H,1-3,13-17H2,4-9H3,(H,29,37)(H,30,33)(H,35,36)/t23?,25-,29+,30-,37?;24?,25-,28+,29-,37?;18?,19-,20+,21-,28?/m111/s1. The van der Waals surface area contributed by atoms with Crippen molar-refractivity contribution in [2.45, 2.75) is 302 Å². The van der Waals surface area contributed by atoms with E-state index in [2.05, 4.69) is 108 Å². The maximum Gasteiger partial charge on any atom is 0.408 e. The number of rotatable bonds is 34. The maximum atomic E-state index is 14.5. The van der Waals surface area contributed by atoms with Crippen LogP contribution in [0.2, 0.25) is 0 Å². The molecule has 4 aliphatic carbocycles. The van der Waals surface area contributed by atoms with E-state index in [4.69, 9.17) is 18.7 Å². The largest absolute Gasteiger partial charge is 0.479 e. The molecule has 11 N–H and O–H groups in total. The first-order valence-corrected chi connectivity index (χ1v) is 51.3. The zero-order valence-corrected chi connectivity index (χ0v) is 87.4. The SMILES string of the molecule is C=CC1CC1(NC(=O)[C@@H]1C[C@@H](NC(=O)c2cc(Br)ccc2C(=O)N2CCCCC2)CN1C(=O)[C@@H](NC(=O)OC1CCCC1)C(C)(C)C)P(=O)(O)OCC.C=CCN(C(=O)Nc1ccccc1N1CCCCC1)[C@@H]1C[C@@H](C(=O)NC2(C(=O)O)CC2C=C)N(C(=O)[C@@H](NC(=O)OC(C)(C)C)C(C)(C)C)C1.C=CCN(CC=C)[C@@H]1C[C@@H](C(=O)NC2(C(=O)O)CC2C=C)N(C(=O)[C@@H](NC(=O)OC(C)(C)C)C(C)(C)C)C1. The third kappa shape index (κ3) is 28.6. The Hall–Kier alpha value is -10.9. The highest BCUT2D eigenvalue weighted by molar-refractivity contribution is 9.10. The topological polar surface area (TPSA) is 473 Å². The maximum absolute atomic E-state index is 14.5. The number of nitrogens with zero attached hydrogens (tertiary/aromatic N) is 7. The minimum atomic E-state index is -4.37. The number of aliphatic carboxylic acids is 2. The summed E-state index contributed by atoms with van der Waals surface area (Å²) in [5.74, 6) is -8.03. The summed E-state index contributed by atoms with van der Waals surface area (Å²) < 4.78 is 35.7. The molecule has 2 aromatic carbocycles. The number of anilines is 2. The number of para-hydroxylation sites is 2. The Kier molecular flexibility index (Phi) is 37.9. The van der Waals surface area contributed by atoms with Gasteiger partial charge in [0.05, 0.1) is 35.2 Å². The van der Waals surface area contributed by atoms with Crippen molar-refractivity contribution in [3.8, 4) is 0 Å². The van der Waals surface area contributed by atoms with Crippen LogP contribution >= 0.6 is 23.5 Å². The molecule has 5 saturated heterocycles. The number of halogens is 1. The molecule has 5 heterocycles. The number of nitrogens with one attached hydrogen (secondary N) is 8. The van der Waals surface area contributed by atoms with Gasteiger partial charge in [-0.3, -0.25) is 47.8 Å². The lowest BCUT2D eigenvalue weighted by atomic mass is 9.85. The molecule has 5 aliphatic heterocycles. The van der Waals surface area contributed by atoms with Crippen molar-refractivity contribution in [3.05, 3.63) is 134 Å². The second kappa shape index (κ2) is 47.1. The van der Waals surface area contributed by atoms with Crippen LogP contribution in [0, 0.1) is 34.0 Å². The van der Waals surface area contributed by atoms with E-state index in [1.165, 1.54) is 37.8 Å². The first-order chi connectivity index (χ1) is 65.9. The molecule has 0 radical (unpaired) electrons. The van der Waals surface area contributed by atoms with Gasteiger partial charge in [-0.15, -0.1) is 39.5 Å². The van der Waals surface area contributed by atoms with Crippen LogP contribution in [0.4, 0.5) is 30.6 Å². The smallest absolute Gasteiger partial charge is 0.408 e. The lowest BCUT2D eigenvalue weighted by molar-refractivity contribution is -0.146. The molecular weight excluding hydrogens is 1900 g/mol. The van der Waals surface area contributed by atoms with E-state index in [0.717, 1.165) is 83.0 Å². The van der Waals surface area contributed by atoms with E-state index in [1.807, 2.05) is 45.0 Å². The van der Waals surface area contributed by atoms with Crippen molar-refractivity contribution in [2.75, 3.05) is 82.3 Å². The third-order valence-electron chi connectivity index (χ3n) is 27.1. The Morgan fingerprint density at radius 3 is 1.41 bits per heavy atom. The van der Waals surface area contributed by atoms with Crippen molar-refractivity contribution in [1.29, 1.82) is 0 Å². The number of hydrogen-bond acceptors (Lipinski definition) is 21. The number of hydrogen-bond donors (Lipinski definition) is 11. The van der Waals surface area contributed by atoms with Crippen LogP contribution in [0.1, 0.15) is 234 Å². The van der Waals surface area contributed by atoms with Crippen molar-refractivity contribution in [2.24, 2.45) is 34.0 Å². The number of carbonyl (C=O) groups is 14. The lowest BCUT2D eigenvalue weighted by Crippen LogP contribution is -2.59. The number of ether oxygens (including phenoxy) is 3. The third-order valence-corrected chi connectivity index (χ3v) is 29.9. The van der Waals surface area contributed by atoms with Gasteiger partial charge < -0.3 is 106 Å². The summed E-state index contributed by atoms with van der Waals surface area (Å²) in [5.41, 5.74) is -4.92. The van der Waals surface area contributed by atoms with Gasteiger partial charge in [-0.2, -0.15) is 0 Å². The zero-order valence-electron chi connectivity index (χ0n) is 84.9. The van der Waals surface area contributed by atoms with Gasteiger partial charge in [-0.25, -0.2) is 28.8 Å². The minimum Gasteiger partial charge on any atom is -0.479 e. The monoisotopic (exact) mass is 2050 g/mol. The van der Waals surface area contributed by atoms with Gasteiger partial charge >= 0.3 is 43.8 Å². The quantitative estimate of drug-likeness (QED) is 0.0176. The van der Waals surface area contributed by atoms with Gasteiger partial charge in [0.15, 0.2) is 0 Å². The van der Waals surface area contributed by atoms with Crippen molar-refractivity contribution in [3.63, 3.8) is 0 Å². The molecule has 13 amide bonds. The van der Waals surface area contributed by atoms with Gasteiger partial charge in [-0.05, 0) is 198 Å². The first kappa shape index (κ1) is 114. The second-order valence-electron chi connectivity index (χ2n) is 43.4. The number of alkyl carbamates (subject to hydrolysis) is 3. The summed E-state index contributed by atoms with van der Waals surface area (Å²) in [4.78, 5) is 212. The number of piperidine rings is 2. The average Bonchev–Trinajstić information content (AvgIpc) is 1.56. The number of amides is 13. The molecule has 37 nitrogen and oxygen atoms in total. The fraction of sp³-hybridized carbons (Fsp3) is 0.627. The molecule has 16 atom stereocenters. The fourth-order valence-electron chi connectivity index (χ4n) is 19.3. The molecule has 9 fully saturated rings. The van der Waals surface area contributed by atoms with Gasteiger partial charge in [0.2, 0.25) is 35.4 Å². The molecule has 7 unspecified atom stereocenters. The zero-order chi connectivity index (χ0) is 105. The van der Waals surface area contributed by atoms with E-state index < -0.39 is 189 Å². The van der Waals surface area contributed by atoms with E-state index in [0.29, 0.717) is 36.3 Å². The normalized spacial score (nSPS) is 25.3. The predicted octanol–water partition coefficient (Wildman–Crippen LogP) is 12.6. The number of carbonyl (C=O) groups excluding carboxylic acids is 12. The second-order valence-corrected chi connectivity index (χ2v) is 46.4. The molecule has 9 aliphatic rings. The van der Waals surface area contributed by atoms with Crippen LogP contribution in [0.3, 0.4) is 0 Å². The van der Waals surface area contributed by atoms with Gasteiger partial charge in [0, 0.05) is 99.8 Å². The summed E-state index contributed by atoms with van der Waals surface area (Å²) in [5, 5.41) is 40.5. The van der Waals surface area contributed by atoms with Crippen molar-refractivity contribution in [1.82, 2.24) is 66.6 Å². The molecule has 778 valence electrons. The Bertz CT molecular complexity index is 5030. The number of carboxylic acids is 2. The fourth-order valence-corrected chi connectivity index (χ4v) is 21.4. The highest BCUT2D eigenvalue weighted by atomic mass is 79.9. The Labute approximate surface area is 837 Å². The summed E-state index contributed by atoms with van der Waals surface area (Å²) in [6.07, 6.45) is 17.3. The number of likely N-dealkylation sites (tertiary alicyclic amines) is 4. The highest BCUT2D eigenvalue weighted by Crippen LogP contribution is 2.70. The van der Waals surface area contributed by atoms with Crippen LogP contribution in [0.25, 0.3) is 0 Å². The number of carboxylic acid groups (broad SMARTS) is 2. The molecule has 0 spiro atoms. The molecule has 4 saturated carbocycles.